The van der Waals surface area contributed by atoms with Gasteiger partial charge in [0, 0.05) is 6.04 Å². The van der Waals surface area contributed by atoms with Crippen molar-refractivity contribution >= 4 is 17.3 Å². The Morgan fingerprint density at radius 2 is 2.10 bits per heavy atom. The number of rotatable bonds is 4. The van der Waals surface area contributed by atoms with Gasteiger partial charge in [-0.25, -0.2) is 4.79 Å². The van der Waals surface area contributed by atoms with Crippen molar-refractivity contribution in [3.05, 3.63) is 33.9 Å². The summed E-state index contributed by atoms with van der Waals surface area (Å²) in [4.78, 5) is 21.7. The van der Waals surface area contributed by atoms with E-state index < -0.39 is 10.9 Å². The predicted octanol–water partition coefficient (Wildman–Crippen LogP) is 3.53. The predicted molar refractivity (Wildman–Crippen MR) is 79.6 cm³/mol. The molecule has 0 aliphatic heterocycles. The van der Waals surface area contributed by atoms with Crippen LogP contribution in [0.2, 0.25) is 0 Å². The maximum Gasteiger partial charge on any atom is 0.342 e. The highest BCUT2D eigenvalue weighted by Gasteiger charge is 2.29. The zero-order valence-electron chi connectivity index (χ0n) is 12.2. The Bertz CT molecular complexity index is 559. The summed E-state index contributed by atoms with van der Waals surface area (Å²) in [6, 6.07) is 4.52. The van der Waals surface area contributed by atoms with Crippen molar-refractivity contribution in [2.24, 2.45) is 11.8 Å². The standard InChI is InChI=1S/C15H20N2O4/c1-9-6-7-12(10(2)8-9)16-13-5-3-4-11(15(18)19)14(13)17(20)21/h3-5,9-10,12,16H,6-8H2,1-2H3,(H,18,19). The minimum absolute atomic E-state index is 0.143. The van der Waals surface area contributed by atoms with Gasteiger partial charge in [-0.05, 0) is 43.2 Å². The van der Waals surface area contributed by atoms with Gasteiger partial charge in [-0.2, -0.15) is 0 Å². The molecule has 0 spiro atoms. The molecule has 1 aromatic rings. The van der Waals surface area contributed by atoms with Gasteiger partial charge in [-0.3, -0.25) is 10.1 Å². The third-order valence-corrected chi connectivity index (χ3v) is 4.22. The summed E-state index contributed by atoms with van der Waals surface area (Å²) in [5.41, 5.74) is -0.330. The molecule has 0 aromatic heterocycles. The Morgan fingerprint density at radius 1 is 1.38 bits per heavy atom. The molecule has 1 fully saturated rings. The van der Waals surface area contributed by atoms with E-state index in [0.717, 1.165) is 19.3 Å². The van der Waals surface area contributed by atoms with Crippen LogP contribution >= 0.6 is 0 Å². The Hall–Kier alpha value is -2.11. The van der Waals surface area contributed by atoms with Crippen LogP contribution in [0, 0.1) is 22.0 Å². The van der Waals surface area contributed by atoms with E-state index in [4.69, 9.17) is 5.11 Å². The number of carbonyl (C=O) groups is 1. The first-order valence-electron chi connectivity index (χ1n) is 7.17. The van der Waals surface area contributed by atoms with Gasteiger partial charge in [0.15, 0.2) is 0 Å². The number of para-hydroxylation sites is 1. The third-order valence-electron chi connectivity index (χ3n) is 4.22. The van der Waals surface area contributed by atoms with Crippen LogP contribution in [-0.2, 0) is 0 Å². The first-order chi connectivity index (χ1) is 9.90. The van der Waals surface area contributed by atoms with Gasteiger partial charge in [0.25, 0.3) is 0 Å². The van der Waals surface area contributed by atoms with Crippen LogP contribution in [0.4, 0.5) is 11.4 Å². The largest absolute Gasteiger partial charge is 0.477 e. The van der Waals surface area contributed by atoms with Crippen molar-refractivity contribution in [3.8, 4) is 0 Å². The number of nitrogens with zero attached hydrogens (tertiary/aromatic N) is 1. The molecule has 1 saturated carbocycles. The molecule has 1 aliphatic rings. The smallest absolute Gasteiger partial charge is 0.342 e. The maximum absolute atomic E-state index is 11.2. The monoisotopic (exact) mass is 292 g/mol. The summed E-state index contributed by atoms with van der Waals surface area (Å²) in [5, 5.41) is 23.5. The van der Waals surface area contributed by atoms with Crippen molar-refractivity contribution in [1.29, 1.82) is 0 Å². The molecule has 6 nitrogen and oxygen atoms in total. The summed E-state index contributed by atoms with van der Waals surface area (Å²) in [6.45, 7) is 4.33. The molecule has 0 saturated heterocycles. The fourth-order valence-corrected chi connectivity index (χ4v) is 3.11. The molecule has 21 heavy (non-hydrogen) atoms. The number of anilines is 1. The summed E-state index contributed by atoms with van der Waals surface area (Å²) >= 11 is 0. The molecule has 1 aromatic carbocycles. The van der Waals surface area contributed by atoms with E-state index in [9.17, 15) is 14.9 Å². The second kappa shape index (κ2) is 6.11. The minimum atomic E-state index is -1.28. The average Bonchev–Trinajstić information content (AvgIpc) is 2.41. The van der Waals surface area contributed by atoms with E-state index in [-0.39, 0.29) is 17.3 Å². The zero-order chi connectivity index (χ0) is 15.6. The topological polar surface area (TPSA) is 92.5 Å². The van der Waals surface area contributed by atoms with Crippen LogP contribution < -0.4 is 5.32 Å². The van der Waals surface area contributed by atoms with Crippen LogP contribution in [0.3, 0.4) is 0 Å². The highest BCUT2D eigenvalue weighted by Crippen LogP contribution is 2.34. The van der Waals surface area contributed by atoms with Gasteiger partial charge in [0.05, 0.1) is 4.92 Å². The van der Waals surface area contributed by atoms with Crippen molar-refractivity contribution in [3.63, 3.8) is 0 Å². The first-order valence-corrected chi connectivity index (χ1v) is 7.17. The summed E-state index contributed by atoms with van der Waals surface area (Å²) in [5.74, 6) is -0.212. The van der Waals surface area contributed by atoms with Crippen molar-refractivity contribution in [2.45, 2.75) is 39.2 Å². The number of benzene rings is 1. The normalized spacial score (nSPS) is 25.3. The third kappa shape index (κ3) is 3.32. The Labute approximate surface area is 123 Å². The molecule has 0 radical (unpaired) electrons. The van der Waals surface area contributed by atoms with Crippen LogP contribution in [0.5, 0.6) is 0 Å². The number of nitro groups is 1. The lowest BCUT2D eigenvalue weighted by atomic mass is 9.80. The molecule has 3 atom stereocenters. The van der Waals surface area contributed by atoms with E-state index >= 15 is 0 Å². The number of nitrogens with one attached hydrogen (secondary N) is 1. The molecule has 0 bridgehead atoms. The van der Waals surface area contributed by atoms with Gasteiger partial charge < -0.3 is 10.4 Å². The fraction of sp³-hybridized carbons (Fsp3) is 0.533. The zero-order valence-corrected chi connectivity index (χ0v) is 12.2. The number of carboxylic acids is 1. The Balaban J connectivity index is 2.30. The van der Waals surface area contributed by atoms with E-state index in [1.54, 1.807) is 6.07 Å². The van der Waals surface area contributed by atoms with Crippen molar-refractivity contribution in [1.82, 2.24) is 0 Å². The molecule has 114 valence electrons. The molecule has 0 heterocycles. The molecule has 1 aliphatic carbocycles. The summed E-state index contributed by atoms with van der Waals surface area (Å²) < 4.78 is 0. The SMILES string of the molecule is CC1CCC(Nc2cccc(C(=O)O)c2[N+](=O)[O-])C(C)C1. The molecule has 6 heteroatoms. The van der Waals surface area contributed by atoms with Gasteiger partial charge in [0.2, 0.25) is 0 Å². The van der Waals surface area contributed by atoms with Gasteiger partial charge in [-0.1, -0.05) is 19.9 Å². The molecule has 0 amide bonds. The molecule has 3 unspecified atom stereocenters. The van der Waals surface area contributed by atoms with Crippen LogP contribution in [-0.4, -0.2) is 22.0 Å². The first kappa shape index (κ1) is 15.3. The number of hydrogen-bond donors (Lipinski definition) is 2. The van der Waals surface area contributed by atoms with Crippen LogP contribution in [0.25, 0.3) is 0 Å². The average molecular weight is 292 g/mol. The van der Waals surface area contributed by atoms with Gasteiger partial charge >= 0.3 is 11.7 Å². The number of hydrogen-bond acceptors (Lipinski definition) is 4. The number of aromatic carboxylic acids is 1. The lowest BCUT2D eigenvalue weighted by Crippen LogP contribution is -2.33. The van der Waals surface area contributed by atoms with Crippen molar-refractivity contribution < 1.29 is 14.8 Å². The lowest BCUT2D eigenvalue weighted by molar-refractivity contribution is -0.384. The molecule has 2 rings (SSSR count). The van der Waals surface area contributed by atoms with E-state index in [0.29, 0.717) is 17.5 Å². The number of carboxylic acid groups (broad SMARTS) is 1. The highest BCUT2D eigenvalue weighted by molar-refractivity contribution is 5.95. The van der Waals surface area contributed by atoms with Crippen molar-refractivity contribution in [2.75, 3.05) is 5.32 Å². The quantitative estimate of drug-likeness (QED) is 0.654. The molecule has 2 N–H and O–H groups in total. The van der Waals surface area contributed by atoms with E-state index in [2.05, 4.69) is 19.2 Å². The van der Waals surface area contributed by atoms with Crippen LogP contribution in [0.1, 0.15) is 43.5 Å². The van der Waals surface area contributed by atoms with Gasteiger partial charge in [0.1, 0.15) is 11.3 Å². The summed E-state index contributed by atoms with van der Waals surface area (Å²) in [7, 11) is 0. The minimum Gasteiger partial charge on any atom is -0.477 e. The Kier molecular flexibility index (Phi) is 4.45. The van der Waals surface area contributed by atoms with Crippen LogP contribution in [0.15, 0.2) is 18.2 Å². The second-order valence-corrected chi connectivity index (χ2v) is 5.91. The van der Waals surface area contributed by atoms with E-state index in [1.165, 1.54) is 12.1 Å². The van der Waals surface area contributed by atoms with Gasteiger partial charge in [-0.15, -0.1) is 0 Å². The second-order valence-electron chi connectivity index (χ2n) is 5.91. The maximum atomic E-state index is 11.2. The van der Waals surface area contributed by atoms with E-state index in [1.807, 2.05) is 0 Å². The number of nitro benzene ring substituents is 1. The lowest BCUT2D eigenvalue weighted by Gasteiger charge is -2.33. The Morgan fingerprint density at radius 3 is 2.67 bits per heavy atom. The summed E-state index contributed by atoms with van der Waals surface area (Å²) in [6.07, 6.45) is 3.09. The fourth-order valence-electron chi connectivity index (χ4n) is 3.11. The highest BCUT2D eigenvalue weighted by atomic mass is 16.6. The molecular formula is C15H20N2O4. The molecular weight excluding hydrogens is 272 g/mol.